The molecule has 0 aromatic heterocycles. The van der Waals surface area contributed by atoms with Gasteiger partial charge in [-0.15, -0.1) is 0 Å². The van der Waals surface area contributed by atoms with E-state index < -0.39 is 15.7 Å². The average molecular weight is 289 g/mol. The maximum atomic E-state index is 13.1. The minimum Gasteiger partial charge on any atom is -0.493 e. The lowest BCUT2D eigenvalue weighted by Crippen LogP contribution is -2.09. The zero-order chi connectivity index (χ0) is 14.5. The summed E-state index contributed by atoms with van der Waals surface area (Å²) in [5.74, 6) is -0.0944. The highest BCUT2D eigenvalue weighted by molar-refractivity contribution is 7.90. The summed E-state index contributed by atoms with van der Waals surface area (Å²) in [4.78, 5) is 0. The number of ether oxygens (including phenoxy) is 1. The summed E-state index contributed by atoms with van der Waals surface area (Å²) < 4.78 is 40.4. The number of sulfone groups is 1. The molecule has 0 aliphatic heterocycles. The van der Waals surface area contributed by atoms with Crippen molar-refractivity contribution in [3.63, 3.8) is 0 Å². The lowest BCUT2D eigenvalue weighted by atomic mass is 10.1. The molecule has 0 spiro atoms. The molecule has 0 fully saturated rings. The van der Waals surface area contributed by atoms with E-state index in [0.29, 0.717) is 17.7 Å². The van der Waals surface area contributed by atoms with Crippen LogP contribution in [0.4, 0.5) is 4.39 Å². The Labute approximate surface area is 111 Å². The van der Waals surface area contributed by atoms with Crippen molar-refractivity contribution in [2.75, 3.05) is 18.6 Å². The summed E-state index contributed by atoms with van der Waals surface area (Å²) >= 11 is 0. The Balaban J connectivity index is 2.73. The largest absolute Gasteiger partial charge is 0.493 e. The molecule has 1 N–H and O–H groups in total. The Morgan fingerprint density at radius 3 is 2.74 bits per heavy atom. The van der Waals surface area contributed by atoms with Crippen LogP contribution in [0, 0.1) is 5.82 Å². The van der Waals surface area contributed by atoms with Crippen LogP contribution in [-0.4, -0.2) is 38.0 Å². The van der Waals surface area contributed by atoms with Crippen molar-refractivity contribution in [2.45, 2.75) is 13.3 Å². The summed E-state index contributed by atoms with van der Waals surface area (Å²) in [5, 5.41) is 11.7. The van der Waals surface area contributed by atoms with Gasteiger partial charge >= 0.3 is 0 Å². The van der Waals surface area contributed by atoms with Crippen LogP contribution in [0.3, 0.4) is 0 Å². The molecule has 0 aliphatic rings. The zero-order valence-corrected chi connectivity index (χ0v) is 11.6. The molecular weight excluding hydrogens is 273 g/mol. The maximum absolute atomic E-state index is 13.1. The van der Waals surface area contributed by atoms with Crippen LogP contribution in [0.25, 0.3) is 0 Å². The van der Waals surface area contributed by atoms with Crippen molar-refractivity contribution in [2.24, 2.45) is 5.16 Å². The summed E-state index contributed by atoms with van der Waals surface area (Å²) in [6.45, 7) is 1.70. The minimum absolute atomic E-state index is 0.0244. The number of hydrogen-bond donors (Lipinski definition) is 1. The van der Waals surface area contributed by atoms with Gasteiger partial charge in [0.25, 0.3) is 0 Å². The molecule has 1 rings (SSSR count). The van der Waals surface area contributed by atoms with Crippen molar-refractivity contribution in [1.82, 2.24) is 0 Å². The van der Waals surface area contributed by atoms with E-state index in [2.05, 4.69) is 5.16 Å². The first-order chi connectivity index (χ1) is 8.83. The molecule has 0 aliphatic carbocycles. The number of rotatable bonds is 6. The quantitative estimate of drug-likeness (QED) is 0.375. The average Bonchev–Trinajstić information content (AvgIpc) is 2.33. The second-order valence-electron chi connectivity index (χ2n) is 4.16. The summed E-state index contributed by atoms with van der Waals surface area (Å²) in [7, 11) is -3.02. The fourth-order valence-electron chi connectivity index (χ4n) is 1.47. The molecule has 0 atom stereocenters. The van der Waals surface area contributed by atoms with Gasteiger partial charge in [-0.3, -0.25) is 0 Å². The van der Waals surface area contributed by atoms with Crippen LogP contribution in [0.1, 0.15) is 18.9 Å². The predicted molar refractivity (Wildman–Crippen MR) is 70.2 cm³/mol. The molecule has 0 saturated heterocycles. The SMILES string of the molecule is C/C(=N/O)c1cc(F)ccc1OCCCS(C)(=O)=O. The first-order valence-corrected chi connectivity index (χ1v) is 7.68. The van der Waals surface area contributed by atoms with E-state index in [1.165, 1.54) is 25.1 Å². The lowest BCUT2D eigenvalue weighted by molar-refractivity contribution is 0.311. The summed E-state index contributed by atoms with van der Waals surface area (Å²) in [6, 6.07) is 3.83. The number of halogens is 1. The van der Waals surface area contributed by atoms with Crippen LogP contribution in [-0.2, 0) is 9.84 Å². The molecule has 106 valence electrons. The Morgan fingerprint density at radius 2 is 2.16 bits per heavy atom. The third-order valence-electron chi connectivity index (χ3n) is 2.40. The van der Waals surface area contributed by atoms with Crippen LogP contribution < -0.4 is 4.74 Å². The van der Waals surface area contributed by atoms with Crippen molar-refractivity contribution in [3.05, 3.63) is 29.6 Å². The summed E-state index contributed by atoms with van der Waals surface area (Å²) in [5.41, 5.74) is 0.555. The van der Waals surface area contributed by atoms with Gasteiger partial charge in [-0.1, -0.05) is 5.16 Å². The molecule has 7 heteroatoms. The molecule has 0 heterocycles. The second-order valence-corrected chi connectivity index (χ2v) is 6.42. The van der Waals surface area contributed by atoms with Crippen LogP contribution in [0.2, 0.25) is 0 Å². The fraction of sp³-hybridized carbons (Fsp3) is 0.417. The molecule has 1 aromatic carbocycles. The Morgan fingerprint density at radius 1 is 1.47 bits per heavy atom. The predicted octanol–water partition coefficient (Wildman–Crippen LogP) is 1.84. The minimum atomic E-state index is -3.02. The van der Waals surface area contributed by atoms with Crippen molar-refractivity contribution in [1.29, 1.82) is 0 Å². The number of hydrogen-bond acceptors (Lipinski definition) is 5. The van der Waals surface area contributed by atoms with E-state index in [4.69, 9.17) is 9.94 Å². The van der Waals surface area contributed by atoms with Gasteiger partial charge in [0.05, 0.1) is 18.1 Å². The van der Waals surface area contributed by atoms with Crippen LogP contribution >= 0.6 is 0 Å². The van der Waals surface area contributed by atoms with Gasteiger partial charge in [0, 0.05) is 11.8 Å². The van der Waals surface area contributed by atoms with E-state index in [0.717, 1.165) is 6.26 Å². The first kappa shape index (κ1) is 15.4. The first-order valence-electron chi connectivity index (χ1n) is 5.62. The van der Waals surface area contributed by atoms with E-state index in [1.54, 1.807) is 0 Å². The van der Waals surface area contributed by atoms with Gasteiger partial charge in [0.15, 0.2) is 0 Å². The van der Waals surface area contributed by atoms with Crippen molar-refractivity contribution in [3.8, 4) is 5.75 Å². The maximum Gasteiger partial charge on any atom is 0.147 e. The van der Waals surface area contributed by atoms with Gasteiger partial charge < -0.3 is 9.94 Å². The van der Waals surface area contributed by atoms with Crippen molar-refractivity contribution < 1.29 is 22.8 Å². The molecular formula is C12H16FNO4S. The Bertz CT molecular complexity index is 569. The normalized spacial score (nSPS) is 12.5. The Hall–Kier alpha value is -1.63. The third kappa shape index (κ3) is 5.25. The van der Waals surface area contributed by atoms with Gasteiger partial charge in [0.2, 0.25) is 0 Å². The topological polar surface area (TPSA) is 76.0 Å². The number of oxime groups is 1. The van der Waals surface area contributed by atoms with E-state index in [9.17, 15) is 12.8 Å². The van der Waals surface area contributed by atoms with Crippen molar-refractivity contribution >= 4 is 15.5 Å². The highest BCUT2D eigenvalue weighted by atomic mass is 32.2. The van der Waals surface area contributed by atoms with Crippen LogP contribution in [0.15, 0.2) is 23.4 Å². The van der Waals surface area contributed by atoms with Gasteiger partial charge in [-0.25, -0.2) is 12.8 Å². The van der Waals surface area contributed by atoms with Crippen LogP contribution in [0.5, 0.6) is 5.75 Å². The molecule has 0 saturated carbocycles. The summed E-state index contributed by atoms with van der Waals surface area (Å²) in [6.07, 6.45) is 1.49. The highest BCUT2D eigenvalue weighted by Crippen LogP contribution is 2.21. The van der Waals surface area contributed by atoms with E-state index in [1.807, 2.05) is 0 Å². The van der Waals surface area contributed by atoms with Gasteiger partial charge in [-0.2, -0.15) is 0 Å². The fourth-order valence-corrected chi connectivity index (χ4v) is 2.11. The molecule has 19 heavy (non-hydrogen) atoms. The second kappa shape index (κ2) is 6.51. The van der Waals surface area contributed by atoms with E-state index in [-0.39, 0.29) is 18.1 Å². The monoisotopic (exact) mass is 289 g/mol. The van der Waals surface area contributed by atoms with E-state index >= 15 is 0 Å². The molecule has 0 bridgehead atoms. The number of benzene rings is 1. The standard InChI is InChI=1S/C12H16FNO4S/c1-9(14-15)11-8-10(13)4-5-12(11)18-6-3-7-19(2,16)17/h4-5,8,15H,3,6-7H2,1-2H3/b14-9-. The molecule has 1 aromatic rings. The van der Waals surface area contributed by atoms with Gasteiger partial charge in [-0.05, 0) is 31.5 Å². The molecule has 5 nitrogen and oxygen atoms in total. The highest BCUT2D eigenvalue weighted by Gasteiger charge is 2.09. The van der Waals surface area contributed by atoms with Gasteiger partial charge in [0.1, 0.15) is 21.4 Å². The molecule has 0 unspecified atom stereocenters. The number of nitrogens with zero attached hydrogens (tertiary/aromatic N) is 1. The molecule has 0 radical (unpaired) electrons. The Kier molecular flexibility index (Phi) is 5.29. The zero-order valence-electron chi connectivity index (χ0n) is 10.8. The smallest absolute Gasteiger partial charge is 0.147 e. The third-order valence-corrected chi connectivity index (χ3v) is 3.43. The lowest BCUT2D eigenvalue weighted by Gasteiger charge is -2.10. The molecule has 0 amide bonds.